The van der Waals surface area contributed by atoms with Crippen LogP contribution in [0.5, 0.6) is 0 Å². The van der Waals surface area contributed by atoms with Gasteiger partial charge < -0.3 is 10.2 Å². The first kappa shape index (κ1) is 17.1. The fourth-order valence-electron chi connectivity index (χ4n) is 1.38. The van der Waals surface area contributed by atoms with Crippen LogP contribution in [0, 0.1) is 0 Å². The van der Waals surface area contributed by atoms with Gasteiger partial charge in [-0.05, 0) is 19.9 Å². The van der Waals surface area contributed by atoms with Crippen LogP contribution in [0.15, 0.2) is 17.2 Å². The molecular formula is C11H19ClN4O3S. The maximum Gasteiger partial charge on any atom is 0.244 e. The number of nitrogen functional groups attached to an aromatic ring is 1. The topological polar surface area (TPSA) is 97.5 Å². The van der Waals surface area contributed by atoms with Gasteiger partial charge in [-0.1, -0.05) is 11.6 Å². The molecule has 0 bridgehead atoms. The molecule has 0 atom stereocenters. The summed E-state index contributed by atoms with van der Waals surface area (Å²) in [7, 11) is -2.17. The molecule has 1 heterocycles. The predicted octanol–water partition coefficient (Wildman–Crippen LogP) is 1.07. The number of halogens is 1. The van der Waals surface area contributed by atoms with E-state index in [0.717, 1.165) is 0 Å². The first-order valence-corrected chi connectivity index (χ1v) is 7.81. The van der Waals surface area contributed by atoms with Crippen molar-refractivity contribution in [3.63, 3.8) is 0 Å². The molecule has 0 aliphatic rings. The number of hydrogen-bond donors (Lipinski definition) is 2. The SMILES string of the molecule is CC(C)OCCN(C)S(=O)(=O)c1cnc(NN)c(Cl)c1. The Labute approximate surface area is 124 Å². The zero-order valence-corrected chi connectivity index (χ0v) is 13.2. The van der Waals surface area contributed by atoms with E-state index in [1.54, 1.807) is 0 Å². The van der Waals surface area contributed by atoms with E-state index < -0.39 is 10.0 Å². The number of anilines is 1. The minimum absolute atomic E-state index is 0.00791. The number of likely N-dealkylation sites (N-methyl/N-ethyl adjacent to an activating group) is 1. The number of hydrazine groups is 1. The summed E-state index contributed by atoms with van der Waals surface area (Å²) in [5.74, 6) is 5.41. The number of nitrogens with two attached hydrogens (primary N) is 1. The quantitative estimate of drug-likeness (QED) is 0.575. The van der Waals surface area contributed by atoms with Crippen molar-refractivity contribution in [1.82, 2.24) is 9.29 Å². The molecule has 1 aromatic heterocycles. The predicted molar refractivity (Wildman–Crippen MR) is 78.0 cm³/mol. The number of rotatable bonds is 7. The van der Waals surface area contributed by atoms with Crippen molar-refractivity contribution in [2.75, 3.05) is 25.6 Å². The fraction of sp³-hybridized carbons (Fsp3) is 0.545. The monoisotopic (exact) mass is 322 g/mol. The maximum absolute atomic E-state index is 12.3. The number of sulfonamides is 1. The van der Waals surface area contributed by atoms with Crippen molar-refractivity contribution in [2.24, 2.45) is 5.84 Å². The Morgan fingerprint density at radius 3 is 2.70 bits per heavy atom. The second-order valence-corrected chi connectivity index (χ2v) is 6.84. The Kier molecular flexibility index (Phi) is 6.15. The number of ether oxygens (including phenoxy) is 1. The molecule has 0 saturated heterocycles. The molecule has 0 aliphatic carbocycles. The lowest BCUT2D eigenvalue weighted by Gasteiger charge is -2.18. The van der Waals surface area contributed by atoms with Gasteiger partial charge in [-0.3, -0.25) is 0 Å². The van der Waals surface area contributed by atoms with Gasteiger partial charge in [0.1, 0.15) is 4.90 Å². The highest BCUT2D eigenvalue weighted by atomic mass is 35.5. The molecule has 0 amide bonds. The first-order valence-electron chi connectivity index (χ1n) is 5.99. The van der Waals surface area contributed by atoms with E-state index in [-0.39, 0.29) is 28.4 Å². The Hall–Kier alpha value is -0.930. The molecule has 0 spiro atoms. The highest BCUT2D eigenvalue weighted by molar-refractivity contribution is 7.89. The normalized spacial score (nSPS) is 12.2. The molecule has 7 nitrogen and oxygen atoms in total. The van der Waals surface area contributed by atoms with E-state index in [9.17, 15) is 8.42 Å². The third-order valence-electron chi connectivity index (χ3n) is 2.52. The molecule has 0 aromatic carbocycles. The van der Waals surface area contributed by atoms with Gasteiger partial charge in [-0.2, -0.15) is 4.31 Å². The van der Waals surface area contributed by atoms with E-state index >= 15 is 0 Å². The van der Waals surface area contributed by atoms with Crippen LogP contribution in [0.1, 0.15) is 13.8 Å². The zero-order valence-electron chi connectivity index (χ0n) is 11.6. The Morgan fingerprint density at radius 1 is 1.55 bits per heavy atom. The van der Waals surface area contributed by atoms with Crippen LogP contribution in [-0.2, 0) is 14.8 Å². The lowest BCUT2D eigenvalue weighted by molar-refractivity contribution is 0.0737. The Balaban J connectivity index is 2.84. The highest BCUT2D eigenvalue weighted by Crippen LogP contribution is 2.23. The van der Waals surface area contributed by atoms with Gasteiger partial charge in [0.25, 0.3) is 0 Å². The smallest absolute Gasteiger partial charge is 0.244 e. The van der Waals surface area contributed by atoms with Crippen molar-refractivity contribution in [3.8, 4) is 0 Å². The first-order chi connectivity index (χ1) is 9.28. The molecule has 1 aromatic rings. The van der Waals surface area contributed by atoms with Gasteiger partial charge in [0.15, 0.2) is 5.82 Å². The van der Waals surface area contributed by atoms with E-state index in [0.29, 0.717) is 6.61 Å². The van der Waals surface area contributed by atoms with E-state index in [2.05, 4.69) is 10.4 Å². The summed E-state index contributed by atoms with van der Waals surface area (Å²) in [4.78, 5) is 3.86. The van der Waals surface area contributed by atoms with Crippen molar-refractivity contribution in [1.29, 1.82) is 0 Å². The summed E-state index contributed by atoms with van der Waals surface area (Å²) in [6.45, 7) is 4.33. The molecule has 114 valence electrons. The molecule has 3 N–H and O–H groups in total. The highest BCUT2D eigenvalue weighted by Gasteiger charge is 2.22. The van der Waals surface area contributed by atoms with Gasteiger partial charge >= 0.3 is 0 Å². The zero-order chi connectivity index (χ0) is 15.3. The number of pyridine rings is 1. The van der Waals surface area contributed by atoms with Crippen molar-refractivity contribution in [3.05, 3.63) is 17.3 Å². The van der Waals surface area contributed by atoms with Crippen LogP contribution in [0.3, 0.4) is 0 Å². The average molecular weight is 323 g/mol. The van der Waals surface area contributed by atoms with Gasteiger partial charge in [-0.25, -0.2) is 19.2 Å². The summed E-state index contributed by atoms with van der Waals surface area (Å²) in [6.07, 6.45) is 1.26. The van der Waals surface area contributed by atoms with Gasteiger partial charge in [0.05, 0.1) is 17.7 Å². The van der Waals surface area contributed by atoms with Crippen LogP contribution in [0.2, 0.25) is 5.02 Å². The van der Waals surface area contributed by atoms with Gasteiger partial charge in [-0.15, -0.1) is 0 Å². The third-order valence-corrected chi connectivity index (χ3v) is 4.63. The number of aromatic nitrogens is 1. The molecule has 0 aliphatic heterocycles. The summed E-state index contributed by atoms with van der Waals surface area (Å²) in [5.41, 5.74) is 2.28. The summed E-state index contributed by atoms with van der Waals surface area (Å²) >= 11 is 5.87. The maximum atomic E-state index is 12.3. The fourth-order valence-corrected chi connectivity index (χ4v) is 2.80. The number of nitrogens with one attached hydrogen (secondary N) is 1. The van der Waals surface area contributed by atoms with E-state index in [1.807, 2.05) is 13.8 Å². The summed E-state index contributed by atoms with van der Waals surface area (Å²) in [5, 5.41) is 0.139. The minimum Gasteiger partial charge on any atom is -0.377 e. The number of hydrogen-bond acceptors (Lipinski definition) is 6. The van der Waals surface area contributed by atoms with Crippen molar-refractivity contribution < 1.29 is 13.2 Å². The lowest BCUT2D eigenvalue weighted by atomic mass is 10.5. The second-order valence-electron chi connectivity index (χ2n) is 4.39. The minimum atomic E-state index is -3.65. The lowest BCUT2D eigenvalue weighted by Crippen LogP contribution is -2.31. The Morgan fingerprint density at radius 2 is 2.20 bits per heavy atom. The standard InChI is InChI=1S/C11H19ClN4O3S/c1-8(2)19-5-4-16(3)20(17,18)9-6-10(12)11(15-13)14-7-9/h6-8H,4-5,13H2,1-3H3,(H,14,15). The molecular weight excluding hydrogens is 304 g/mol. The van der Waals surface area contributed by atoms with Crippen LogP contribution >= 0.6 is 11.6 Å². The third kappa shape index (κ3) is 4.29. The van der Waals surface area contributed by atoms with Crippen LogP contribution in [0.4, 0.5) is 5.82 Å². The summed E-state index contributed by atoms with van der Waals surface area (Å²) in [6, 6.07) is 1.30. The molecule has 20 heavy (non-hydrogen) atoms. The average Bonchev–Trinajstić information content (AvgIpc) is 2.37. The van der Waals surface area contributed by atoms with Crippen LogP contribution in [-0.4, -0.2) is 44.0 Å². The van der Waals surface area contributed by atoms with Crippen LogP contribution < -0.4 is 11.3 Å². The molecule has 0 fully saturated rings. The molecule has 0 radical (unpaired) electrons. The molecule has 0 unspecified atom stereocenters. The Bertz CT molecular complexity index is 551. The molecule has 9 heteroatoms. The molecule has 0 saturated carbocycles. The van der Waals surface area contributed by atoms with E-state index in [1.165, 1.54) is 23.6 Å². The van der Waals surface area contributed by atoms with Gasteiger partial charge in [0.2, 0.25) is 10.0 Å². The largest absolute Gasteiger partial charge is 0.377 e. The van der Waals surface area contributed by atoms with Crippen molar-refractivity contribution in [2.45, 2.75) is 24.8 Å². The van der Waals surface area contributed by atoms with E-state index in [4.69, 9.17) is 22.2 Å². The second kappa shape index (κ2) is 7.19. The number of nitrogens with zero attached hydrogens (tertiary/aromatic N) is 2. The van der Waals surface area contributed by atoms with Crippen LogP contribution in [0.25, 0.3) is 0 Å². The summed E-state index contributed by atoms with van der Waals surface area (Å²) < 4.78 is 31.1. The van der Waals surface area contributed by atoms with Crippen molar-refractivity contribution >= 4 is 27.4 Å². The molecule has 1 rings (SSSR count). The van der Waals surface area contributed by atoms with Gasteiger partial charge in [0, 0.05) is 19.8 Å².